The number of amides is 1. The number of piperidine rings is 1. The number of rotatable bonds is 6. The molecular weight excluding hydrogens is 317 g/mol. The molecule has 1 atom stereocenters. The van der Waals surface area contributed by atoms with Gasteiger partial charge >= 0.3 is 0 Å². The molecule has 25 heavy (non-hydrogen) atoms. The lowest BCUT2D eigenvalue weighted by molar-refractivity contribution is -0.135. The Labute approximate surface area is 150 Å². The number of aliphatic hydroxyl groups excluding tert-OH is 1. The van der Waals surface area contributed by atoms with Crippen molar-refractivity contribution in [2.75, 3.05) is 19.7 Å². The molecule has 3 rings (SSSR count). The Morgan fingerprint density at radius 2 is 1.92 bits per heavy atom. The van der Waals surface area contributed by atoms with Crippen molar-refractivity contribution >= 4 is 5.91 Å². The highest BCUT2D eigenvalue weighted by Crippen LogP contribution is 2.34. The fourth-order valence-corrected chi connectivity index (χ4v) is 4.57. The second-order valence-corrected chi connectivity index (χ2v) is 8.07. The van der Waals surface area contributed by atoms with Crippen LogP contribution in [0, 0.1) is 17.2 Å². The standard InChI is InChI=1S/C21H30FNO2/c22-19-9-6-18(7-10-19)14-21(16-24)12-3-13-23(15-21)20(25)11-8-17-4-1-2-5-17/h6-7,9-10,17,24H,1-5,8,11-16H2/t21-/m1/s1. The molecule has 4 heteroatoms. The van der Waals surface area contributed by atoms with Crippen molar-refractivity contribution in [1.29, 1.82) is 0 Å². The number of carbonyl (C=O) groups excluding carboxylic acids is 1. The molecule has 1 aliphatic carbocycles. The smallest absolute Gasteiger partial charge is 0.222 e. The van der Waals surface area contributed by atoms with Gasteiger partial charge in [-0.1, -0.05) is 37.8 Å². The van der Waals surface area contributed by atoms with Gasteiger partial charge in [0.25, 0.3) is 0 Å². The normalized spacial score (nSPS) is 24.6. The van der Waals surface area contributed by atoms with Crippen LogP contribution in [-0.4, -0.2) is 35.6 Å². The third-order valence-electron chi connectivity index (χ3n) is 6.08. The molecule has 0 aromatic heterocycles. The highest BCUT2D eigenvalue weighted by molar-refractivity contribution is 5.76. The van der Waals surface area contributed by atoms with Crippen molar-refractivity contribution in [1.82, 2.24) is 4.90 Å². The Bertz CT molecular complexity index is 568. The van der Waals surface area contributed by atoms with Crippen molar-refractivity contribution in [3.05, 3.63) is 35.6 Å². The van der Waals surface area contributed by atoms with Crippen molar-refractivity contribution in [2.24, 2.45) is 11.3 Å². The predicted octanol–water partition coefficient (Wildman–Crippen LogP) is 3.94. The van der Waals surface area contributed by atoms with Crippen LogP contribution in [0.3, 0.4) is 0 Å². The van der Waals surface area contributed by atoms with Gasteiger partial charge in [0, 0.05) is 24.9 Å². The van der Waals surface area contributed by atoms with E-state index >= 15 is 0 Å². The van der Waals surface area contributed by atoms with E-state index in [1.54, 1.807) is 12.1 Å². The molecule has 138 valence electrons. The molecule has 1 amide bonds. The monoisotopic (exact) mass is 347 g/mol. The molecule has 2 fully saturated rings. The van der Waals surface area contributed by atoms with Crippen molar-refractivity contribution < 1.29 is 14.3 Å². The van der Waals surface area contributed by atoms with Crippen LogP contribution >= 0.6 is 0 Å². The van der Waals surface area contributed by atoms with Crippen LogP contribution < -0.4 is 0 Å². The Kier molecular flexibility index (Phi) is 6.10. The first kappa shape index (κ1) is 18.4. The minimum absolute atomic E-state index is 0.0663. The van der Waals surface area contributed by atoms with E-state index < -0.39 is 0 Å². The van der Waals surface area contributed by atoms with Gasteiger partial charge in [0.15, 0.2) is 0 Å². The number of aliphatic hydroxyl groups is 1. The Hall–Kier alpha value is -1.42. The Morgan fingerprint density at radius 3 is 2.60 bits per heavy atom. The molecule has 1 aromatic rings. The zero-order valence-electron chi connectivity index (χ0n) is 15.1. The van der Waals surface area contributed by atoms with E-state index in [1.807, 2.05) is 4.90 Å². The summed E-state index contributed by atoms with van der Waals surface area (Å²) in [5, 5.41) is 10.0. The summed E-state index contributed by atoms with van der Waals surface area (Å²) in [7, 11) is 0. The lowest BCUT2D eigenvalue weighted by atomic mass is 9.75. The molecule has 0 unspecified atom stereocenters. The molecule has 1 heterocycles. The Balaban J connectivity index is 1.58. The van der Waals surface area contributed by atoms with Gasteiger partial charge in [0.1, 0.15) is 5.82 Å². The lowest BCUT2D eigenvalue weighted by Gasteiger charge is -2.42. The average Bonchev–Trinajstić information content (AvgIpc) is 3.15. The minimum Gasteiger partial charge on any atom is -0.396 e. The first-order valence-electron chi connectivity index (χ1n) is 9.73. The Morgan fingerprint density at radius 1 is 1.20 bits per heavy atom. The van der Waals surface area contributed by atoms with Crippen LogP contribution in [0.4, 0.5) is 4.39 Å². The summed E-state index contributed by atoms with van der Waals surface area (Å²) in [6.07, 6.45) is 9.36. The van der Waals surface area contributed by atoms with Gasteiger partial charge in [-0.2, -0.15) is 0 Å². The number of nitrogens with zero attached hydrogens (tertiary/aromatic N) is 1. The van der Waals surface area contributed by atoms with Crippen LogP contribution in [0.5, 0.6) is 0 Å². The van der Waals surface area contributed by atoms with E-state index in [0.717, 1.165) is 37.3 Å². The van der Waals surface area contributed by atoms with E-state index in [-0.39, 0.29) is 23.7 Å². The summed E-state index contributed by atoms with van der Waals surface area (Å²) in [6, 6.07) is 6.50. The van der Waals surface area contributed by atoms with Gasteiger partial charge in [0.2, 0.25) is 5.91 Å². The summed E-state index contributed by atoms with van der Waals surface area (Å²) >= 11 is 0. The van der Waals surface area contributed by atoms with Crippen LogP contribution in [0.15, 0.2) is 24.3 Å². The van der Waals surface area contributed by atoms with Gasteiger partial charge < -0.3 is 10.0 Å². The van der Waals surface area contributed by atoms with Crippen molar-refractivity contribution in [3.8, 4) is 0 Å². The largest absolute Gasteiger partial charge is 0.396 e. The maximum absolute atomic E-state index is 13.1. The number of carbonyl (C=O) groups is 1. The molecule has 2 aliphatic rings. The molecule has 1 saturated carbocycles. The number of hydrogen-bond donors (Lipinski definition) is 1. The minimum atomic E-state index is -0.293. The summed E-state index contributed by atoms with van der Waals surface area (Å²) < 4.78 is 13.1. The van der Waals surface area contributed by atoms with Crippen LogP contribution in [0.25, 0.3) is 0 Å². The highest BCUT2D eigenvalue weighted by Gasteiger charge is 2.36. The number of halogens is 1. The first-order valence-corrected chi connectivity index (χ1v) is 9.73. The number of likely N-dealkylation sites (tertiary alicyclic amines) is 1. The summed E-state index contributed by atoms with van der Waals surface area (Å²) in [5.74, 6) is 0.730. The second-order valence-electron chi connectivity index (χ2n) is 8.07. The second kappa shape index (κ2) is 8.31. The summed E-state index contributed by atoms with van der Waals surface area (Å²) in [6.45, 7) is 1.48. The molecule has 0 spiro atoms. The van der Waals surface area contributed by atoms with Crippen LogP contribution in [-0.2, 0) is 11.2 Å². The first-order chi connectivity index (χ1) is 12.1. The van der Waals surface area contributed by atoms with E-state index in [0.29, 0.717) is 19.4 Å². The average molecular weight is 347 g/mol. The van der Waals surface area contributed by atoms with E-state index in [1.165, 1.54) is 37.8 Å². The zero-order chi connectivity index (χ0) is 17.7. The molecule has 3 nitrogen and oxygen atoms in total. The SMILES string of the molecule is O=C(CCC1CCCC1)N1CCC[C@@](CO)(Cc2ccc(F)cc2)C1. The quantitative estimate of drug-likeness (QED) is 0.847. The molecule has 1 aliphatic heterocycles. The van der Waals surface area contributed by atoms with E-state index in [9.17, 15) is 14.3 Å². The fourth-order valence-electron chi connectivity index (χ4n) is 4.57. The van der Waals surface area contributed by atoms with Gasteiger partial charge in [-0.25, -0.2) is 4.39 Å². The number of benzene rings is 1. The maximum atomic E-state index is 13.1. The summed E-state index contributed by atoms with van der Waals surface area (Å²) in [5.41, 5.74) is 0.731. The third kappa shape index (κ3) is 4.81. The van der Waals surface area contributed by atoms with Crippen LogP contribution in [0.1, 0.15) is 56.9 Å². The highest BCUT2D eigenvalue weighted by atomic mass is 19.1. The number of hydrogen-bond acceptors (Lipinski definition) is 2. The van der Waals surface area contributed by atoms with E-state index in [2.05, 4.69) is 0 Å². The fraction of sp³-hybridized carbons (Fsp3) is 0.667. The van der Waals surface area contributed by atoms with E-state index in [4.69, 9.17) is 0 Å². The van der Waals surface area contributed by atoms with Gasteiger partial charge in [0.05, 0.1) is 6.61 Å². The molecule has 1 N–H and O–H groups in total. The van der Waals surface area contributed by atoms with Crippen molar-refractivity contribution in [2.45, 2.75) is 57.8 Å². The molecule has 1 aromatic carbocycles. The third-order valence-corrected chi connectivity index (χ3v) is 6.08. The predicted molar refractivity (Wildman–Crippen MR) is 96.6 cm³/mol. The zero-order valence-corrected chi connectivity index (χ0v) is 15.1. The summed E-state index contributed by atoms with van der Waals surface area (Å²) in [4.78, 5) is 14.6. The topological polar surface area (TPSA) is 40.5 Å². The maximum Gasteiger partial charge on any atom is 0.222 e. The van der Waals surface area contributed by atoms with Gasteiger partial charge in [-0.05, 0) is 49.3 Å². The van der Waals surface area contributed by atoms with Crippen LogP contribution in [0.2, 0.25) is 0 Å². The molecule has 1 saturated heterocycles. The van der Waals surface area contributed by atoms with Crippen molar-refractivity contribution in [3.63, 3.8) is 0 Å². The lowest BCUT2D eigenvalue weighted by Crippen LogP contribution is -2.49. The van der Waals surface area contributed by atoms with Gasteiger partial charge in [-0.15, -0.1) is 0 Å². The molecular formula is C21H30FNO2. The van der Waals surface area contributed by atoms with Gasteiger partial charge in [-0.3, -0.25) is 4.79 Å². The molecule has 0 bridgehead atoms. The molecule has 0 radical (unpaired) electrons.